The second kappa shape index (κ2) is 9.45. The first-order valence-corrected chi connectivity index (χ1v) is 10.4. The maximum atomic E-state index is 12.0. The summed E-state index contributed by atoms with van der Waals surface area (Å²) in [4.78, 5) is 14.3. The van der Waals surface area contributed by atoms with Crippen LogP contribution in [0.2, 0.25) is 0 Å². The van der Waals surface area contributed by atoms with E-state index in [0.29, 0.717) is 24.5 Å². The van der Waals surface area contributed by atoms with Crippen molar-refractivity contribution in [1.29, 1.82) is 0 Å². The van der Waals surface area contributed by atoms with Crippen LogP contribution in [0.3, 0.4) is 0 Å². The molecule has 0 unspecified atom stereocenters. The molecule has 7 heteroatoms. The number of nitrogens with zero attached hydrogens (tertiary/aromatic N) is 2. The number of carbonyl (C=O) groups excluding carboxylic acids is 1. The van der Waals surface area contributed by atoms with Gasteiger partial charge in [0.25, 0.3) is 0 Å². The van der Waals surface area contributed by atoms with Gasteiger partial charge in [-0.2, -0.15) is 0 Å². The van der Waals surface area contributed by atoms with E-state index in [0.717, 1.165) is 10.5 Å². The summed E-state index contributed by atoms with van der Waals surface area (Å²) in [6, 6.07) is 18.3. The molecule has 134 valence electrons. The largest absolute Gasteiger partial charge is 0.407 e. The van der Waals surface area contributed by atoms with Gasteiger partial charge < -0.3 is 4.42 Å². The van der Waals surface area contributed by atoms with Crippen molar-refractivity contribution in [1.82, 2.24) is 10.2 Å². The summed E-state index contributed by atoms with van der Waals surface area (Å²) in [6.45, 7) is 0. The second-order valence-corrected chi connectivity index (χ2v) is 7.53. The average molecular weight is 386 g/mol. The maximum Gasteiger partial charge on any atom is 0.322 e. The van der Waals surface area contributed by atoms with Gasteiger partial charge in [0.15, 0.2) is 0 Å². The van der Waals surface area contributed by atoms with Crippen molar-refractivity contribution in [2.45, 2.75) is 22.6 Å². The number of hydrogen-bond donors (Lipinski definition) is 1. The van der Waals surface area contributed by atoms with Crippen LogP contribution in [0.1, 0.15) is 17.9 Å². The molecule has 0 radical (unpaired) electrons. The molecule has 0 aliphatic rings. The minimum Gasteiger partial charge on any atom is -0.407 e. The Hall–Kier alpha value is -2.25. The molecular formula is C19H19N3O2S2. The van der Waals surface area contributed by atoms with Gasteiger partial charge in [-0.1, -0.05) is 35.4 Å². The van der Waals surface area contributed by atoms with Crippen molar-refractivity contribution in [3.8, 4) is 0 Å². The number of carbonyl (C=O) groups is 1. The minimum atomic E-state index is -0.132. The molecule has 0 fully saturated rings. The van der Waals surface area contributed by atoms with Crippen LogP contribution in [0.25, 0.3) is 0 Å². The number of aromatic nitrogens is 2. The second-order valence-electron chi connectivity index (χ2n) is 5.49. The monoisotopic (exact) mass is 385 g/mol. The summed E-state index contributed by atoms with van der Waals surface area (Å²) in [5.74, 6) is 1.04. The summed E-state index contributed by atoms with van der Waals surface area (Å²) in [5, 5.41) is 10.5. The van der Waals surface area contributed by atoms with E-state index >= 15 is 0 Å². The van der Waals surface area contributed by atoms with Gasteiger partial charge in [0.1, 0.15) is 0 Å². The first-order valence-electron chi connectivity index (χ1n) is 8.16. The van der Waals surface area contributed by atoms with E-state index in [1.165, 1.54) is 4.90 Å². The van der Waals surface area contributed by atoms with Crippen LogP contribution in [0.5, 0.6) is 0 Å². The molecule has 1 heterocycles. The number of rotatable bonds is 8. The fourth-order valence-electron chi connectivity index (χ4n) is 2.25. The van der Waals surface area contributed by atoms with Crippen molar-refractivity contribution in [2.24, 2.45) is 0 Å². The molecule has 26 heavy (non-hydrogen) atoms. The molecule has 3 aromatic rings. The lowest BCUT2D eigenvalue weighted by molar-refractivity contribution is -0.115. The highest BCUT2D eigenvalue weighted by Crippen LogP contribution is 2.19. The first kappa shape index (κ1) is 18.5. The Bertz CT molecular complexity index is 836. The number of nitrogens with one attached hydrogen (secondary N) is 1. The van der Waals surface area contributed by atoms with Gasteiger partial charge in [0.2, 0.25) is 11.8 Å². The van der Waals surface area contributed by atoms with Crippen molar-refractivity contribution >= 4 is 35.4 Å². The predicted molar refractivity (Wildman–Crippen MR) is 106 cm³/mol. The molecule has 0 saturated heterocycles. The SMILES string of the molecule is CSc1ccc(Cc2nnc(NC(=O)CCSc3ccccc3)o2)cc1. The maximum absolute atomic E-state index is 12.0. The Kier molecular flexibility index (Phi) is 6.74. The van der Waals surface area contributed by atoms with E-state index in [-0.39, 0.29) is 11.9 Å². The minimum absolute atomic E-state index is 0.132. The molecule has 0 atom stereocenters. The van der Waals surface area contributed by atoms with Gasteiger partial charge in [0, 0.05) is 22.0 Å². The zero-order chi connectivity index (χ0) is 18.2. The standard InChI is InChI=1S/C19H19N3O2S2/c1-25-15-9-7-14(8-10-15)13-18-21-22-19(24-18)20-17(23)11-12-26-16-5-3-2-4-6-16/h2-10H,11-13H2,1H3,(H,20,22,23). The molecule has 1 amide bonds. The fraction of sp³-hybridized carbons (Fsp3) is 0.211. The van der Waals surface area contributed by atoms with Gasteiger partial charge in [-0.15, -0.1) is 28.6 Å². The average Bonchev–Trinajstić information content (AvgIpc) is 3.10. The number of thioether (sulfide) groups is 2. The van der Waals surface area contributed by atoms with E-state index < -0.39 is 0 Å². The predicted octanol–water partition coefficient (Wildman–Crippen LogP) is 4.50. The highest BCUT2D eigenvalue weighted by atomic mass is 32.2. The fourth-order valence-corrected chi connectivity index (χ4v) is 3.53. The molecule has 0 saturated carbocycles. The zero-order valence-electron chi connectivity index (χ0n) is 14.3. The van der Waals surface area contributed by atoms with Crippen LogP contribution in [-0.2, 0) is 11.2 Å². The first-order chi connectivity index (χ1) is 12.7. The molecule has 0 aliphatic carbocycles. The van der Waals surface area contributed by atoms with Crippen molar-refractivity contribution < 1.29 is 9.21 Å². The Morgan fingerprint density at radius 1 is 1.04 bits per heavy atom. The molecule has 0 spiro atoms. The third-order valence-corrected chi connectivity index (χ3v) is 5.33. The molecule has 0 aliphatic heterocycles. The summed E-state index contributed by atoms with van der Waals surface area (Å²) in [7, 11) is 0. The molecule has 3 rings (SSSR count). The van der Waals surface area contributed by atoms with Gasteiger partial charge in [-0.3, -0.25) is 10.1 Å². The lowest BCUT2D eigenvalue weighted by Crippen LogP contribution is -2.12. The van der Waals surface area contributed by atoms with Gasteiger partial charge in [-0.25, -0.2) is 0 Å². The summed E-state index contributed by atoms with van der Waals surface area (Å²) >= 11 is 3.34. The molecule has 5 nitrogen and oxygen atoms in total. The third kappa shape index (κ3) is 5.64. The lowest BCUT2D eigenvalue weighted by atomic mass is 10.1. The Labute approximate surface area is 161 Å². The number of hydrogen-bond acceptors (Lipinski definition) is 6. The van der Waals surface area contributed by atoms with Crippen LogP contribution in [0.15, 0.2) is 68.8 Å². The number of anilines is 1. The smallest absolute Gasteiger partial charge is 0.322 e. The van der Waals surface area contributed by atoms with Crippen molar-refractivity contribution in [3.63, 3.8) is 0 Å². The van der Waals surface area contributed by atoms with Crippen LogP contribution >= 0.6 is 23.5 Å². The molecule has 2 aromatic carbocycles. The van der Waals surface area contributed by atoms with Crippen molar-refractivity contribution in [3.05, 3.63) is 66.1 Å². The van der Waals surface area contributed by atoms with E-state index in [1.807, 2.05) is 48.7 Å². The zero-order valence-corrected chi connectivity index (χ0v) is 16.0. The molecule has 0 bridgehead atoms. The molecular weight excluding hydrogens is 366 g/mol. The van der Waals surface area contributed by atoms with Gasteiger partial charge >= 0.3 is 6.01 Å². The molecule has 1 aromatic heterocycles. The lowest BCUT2D eigenvalue weighted by Gasteiger charge is -2.01. The Balaban J connectivity index is 1.45. The normalized spacial score (nSPS) is 10.7. The van der Waals surface area contributed by atoms with Gasteiger partial charge in [-0.05, 0) is 36.1 Å². The van der Waals surface area contributed by atoms with Crippen LogP contribution in [0.4, 0.5) is 6.01 Å². The molecule has 1 N–H and O–H groups in total. The topological polar surface area (TPSA) is 68.0 Å². The van der Waals surface area contributed by atoms with E-state index in [9.17, 15) is 4.79 Å². The van der Waals surface area contributed by atoms with Crippen molar-refractivity contribution in [2.75, 3.05) is 17.3 Å². The number of amides is 1. The van der Waals surface area contributed by atoms with Gasteiger partial charge in [0.05, 0.1) is 6.42 Å². The Morgan fingerprint density at radius 2 is 1.81 bits per heavy atom. The van der Waals surface area contributed by atoms with E-state index in [4.69, 9.17) is 4.42 Å². The van der Waals surface area contributed by atoms with Crippen LogP contribution in [-0.4, -0.2) is 28.1 Å². The van der Waals surface area contributed by atoms with E-state index in [2.05, 4.69) is 27.6 Å². The third-order valence-electron chi connectivity index (χ3n) is 3.57. The van der Waals surface area contributed by atoms with E-state index in [1.54, 1.807) is 23.5 Å². The van der Waals surface area contributed by atoms with Crippen LogP contribution in [0, 0.1) is 0 Å². The van der Waals surface area contributed by atoms with Crippen LogP contribution < -0.4 is 5.32 Å². The summed E-state index contributed by atoms with van der Waals surface area (Å²) in [6.07, 6.45) is 2.97. The number of benzene rings is 2. The summed E-state index contributed by atoms with van der Waals surface area (Å²) in [5.41, 5.74) is 1.09. The highest BCUT2D eigenvalue weighted by molar-refractivity contribution is 7.99. The summed E-state index contributed by atoms with van der Waals surface area (Å²) < 4.78 is 5.51. The quantitative estimate of drug-likeness (QED) is 0.576. The highest BCUT2D eigenvalue weighted by Gasteiger charge is 2.10. The Morgan fingerprint density at radius 3 is 2.54 bits per heavy atom.